The number of nitrogens with zero attached hydrogens (tertiary/aromatic N) is 1. The minimum absolute atomic E-state index is 0.290. The van der Waals surface area contributed by atoms with Crippen LogP contribution in [0, 0.1) is 5.82 Å². The molecule has 2 rings (SSSR count). The lowest BCUT2D eigenvalue weighted by atomic mass is 10.2. The van der Waals surface area contributed by atoms with Crippen molar-refractivity contribution in [1.82, 2.24) is 5.01 Å². The lowest BCUT2D eigenvalue weighted by molar-refractivity contribution is -0.111. The van der Waals surface area contributed by atoms with Gasteiger partial charge in [0.05, 0.1) is 11.4 Å². The molecule has 0 aromatic heterocycles. The fraction of sp³-hybridized carbons (Fsp3) is 0.300. The number of carbonyl (C=O) groups is 2. The van der Waals surface area contributed by atoms with Crippen LogP contribution in [-0.2, 0) is 9.53 Å². The first-order valence-electron chi connectivity index (χ1n) is 8.55. The van der Waals surface area contributed by atoms with E-state index in [9.17, 15) is 14.0 Å². The first kappa shape index (κ1) is 20.2. The lowest BCUT2D eigenvalue weighted by Crippen LogP contribution is -2.46. The fourth-order valence-corrected chi connectivity index (χ4v) is 2.21. The van der Waals surface area contributed by atoms with Crippen LogP contribution in [-0.4, -0.2) is 29.0 Å². The number of carbonyl (C=O) groups excluding carboxylic acids is 2. The fourth-order valence-electron chi connectivity index (χ4n) is 2.21. The monoisotopic (exact) mass is 373 g/mol. The molecule has 0 aliphatic heterocycles. The molecule has 0 aliphatic rings. The Bertz CT molecular complexity index is 791. The Morgan fingerprint density at radius 2 is 1.81 bits per heavy atom. The van der Waals surface area contributed by atoms with Crippen LogP contribution in [0.5, 0.6) is 0 Å². The third-order valence-corrected chi connectivity index (χ3v) is 3.47. The van der Waals surface area contributed by atoms with Crippen LogP contribution in [0.2, 0.25) is 0 Å². The van der Waals surface area contributed by atoms with Gasteiger partial charge in [-0.15, -0.1) is 0 Å². The average molecular weight is 373 g/mol. The number of para-hydroxylation sites is 1. The first-order chi connectivity index (χ1) is 12.7. The van der Waals surface area contributed by atoms with E-state index in [1.807, 2.05) is 30.3 Å². The maximum Gasteiger partial charge on any atom is 0.429 e. The molecule has 0 fully saturated rings. The molecule has 144 valence electrons. The number of hydrogen-bond donors (Lipinski definition) is 2. The highest BCUT2D eigenvalue weighted by Gasteiger charge is 2.27. The van der Waals surface area contributed by atoms with E-state index in [1.165, 1.54) is 19.1 Å². The summed E-state index contributed by atoms with van der Waals surface area (Å²) in [5.41, 5.74) is 3.68. The number of anilines is 3. The zero-order chi connectivity index (χ0) is 20.0. The van der Waals surface area contributed by atoms with Gasteiger partial charge in [-0.1, -0.05) is 18.2 Å². The summed E-state index contributed by atoms with van der Waals surface area (Å²) in [7, 11) is 0. The molecule has 0 bridgehead atoms. The Morgan fingerprint density at radius 1 is 1.15 bits per heavy atom. The van der Waals surface area contributed by atoms with Gasteiger partial charge in [0, 0.05) is 11.8 Å². The van der Waals surface area contributed by atoms with Crippen molar-refractivity contribution in [1.29, 1.82) is 0 Å². The molecular formula is C20H24FN3O3. The Hall–Kier alpha value is -3.09. The van der Waals surface area contributed by atoms with E-state index in [0.717, 1.165) is 10.7 Å². The van der Waals surface area contributed by atoms with Gasteiger partial charge in [-0.25, -0.2) is 14.2 Å². The van der Waals surface area contributed by atoms with Gasteiger partial charge >= 0.3 is 6.09 Å². The number of halogens is 1. The standard InChI is InChI=1S/C20H24FN3O3/c1-14(13-25)24(19(26)27-20(2,3)4)23-18-12-15(21)10-11-17(18)22-16-8-6-5-7-9-16/h5-14,22-23H,1-4H3/t14-/m0/s1. The van der Waals surface area contributed by atoms with E-state index in [0.29, 0.717) is 17.7 Å². The Morgan fingerprint density at radius 3 is 2.41 bits per heavy atom. The molecule has 2 aromatic carbocycles. The van der Waals surface area contributed by atoms with Crippen LogP contribution >= 0.6 is 0 Å². The SMILES string of the molecule is C[C@@H](C=O)N(Nc1cc(F)ccc1Nc1ccccc1)C(=O)OC(C)(C)C. The molecule has 0 saturated carbocycles. The highest BCUT2D eigenvalue weighted by atomic mass is 19.1. The topological polar surface area (TPSA) is 70.7 Å². The highest BCUT2D eigenvalue weighted by molar-refractivity contribution is 5.79. The second-order valence-electron chi connectivity index (χ2n) is 7.02. The molecule has 0 saturated heterocycles. The van der Waals surface area contributed by atoms with E-state index in [2.05, 4.69) is 10.7 Å². The van der Waals surface area contributed by atoms with Crippen LogP contribution in [0.1, 0.15) is 27.7 Å². The third kappa shape index (κ3) is 5.99. The zero-order valence-corrected chi connectivity index (χ0v) is 15.8. The lowest BCUT2D eigenvalue weighted by Gasteiger charge is -2.30. The van der Waals surface area contributed by atoms with Crippen LogP contribution < -0.4 is 10.7 Å². The molecule has 0 unspecified atom stereocenters. The number of rotatable bonds is 6. The molecule has 7 heteroatoms. The maximum atomic E-state index is 13.8. The van der Waals surface area contributed by atoms with Gasteiger partial charge in [0.15, 0.2) is 0 Å². The Balaban J connectivity index is 2.32. The number of hydrogen-bond acceptors (Lipinski definition) is 5. The van der Waals surface area contributed by atoms with Crippen molar-refractivity contribution < 1.29 is 18.7 Å². The second-order valence-corrected chi connectivity index (χ2v) is 7.02. The molecule has 2 aromatic rings. The summed E-state index contributed by atoms with van der Waals surface area (Å²) in [6, 6.07) is 12.6. The number of benzene rings is 2. The van der Waals surface area contributed by atoms with Crippen molar-refractivity contribution in [2.75, 3.05) is 10.7 Å². The van der Waals surface area contributed by atoms with Gasteiger partial charge in [0.25, 0.3) is 0 Å². The average Bonchev–Trinajstić information content (AvgIpc) is 2.60. The minimum atomic E-state index is -0.826. The Labute approximate surface area is 158 Å². The van der Waals surface area contributed by atoms with Gasteiger partial charge in [-0.2, -0.15) is 0 Å². The van der Waals surface area contributed by atoms with Crippen LogP contribution in [0.3, 0.4) is 0 Å². The van der Waals surface area contributed by atoms with E-state index in [1.54, 1.807) is 26.8 Å². The van der Waals surface area contributed by atoms with Crippen molar-refractivity contribution >= 4 is 29.4 Å². The van der Waals surface area contributed by atoms with E-state index in [-0.39, 0.29) is 0 Å². The van der Waals surface area contributed by atoms with Crippen molar-refractivity contribution in [2.45, 2.75) is 39.3 Å². The van der Waals surface area contributed by atoms with Crippen molar-refractivity contribution in [3.63, 3.8) is 0 Å². The predicted octanol–water partition coefficient (Wildman–Crippen LogP) is 4.72. The zero-order valence-electron chi connectivity index (χ0n) is 15.8. The van der Waals surface area contributed by atoms with E-state index in [4.69, 9.17) is 4.74 Å². The largest absolute Gasteiger partial charge is 0.442 e. The first-order valence-corrected chi connectivity index (χ1v) is 8.55. The van der Waals surface area contributed by atoms with Gasteiger partial charge in [-0.05, 0) is 52.0 Å². The molecule has 0 radical (unpaired) electrons. The van der Waals surface area contributed by atoms with E-state index >= 15 is 0 Å². The highest BCUT2D eigenvalue weighted by Crippen LogP contribution is 2.27. The summed E-state index contributed by atoms with van der Waals surface area (Å²) in [5, 5.41) is 4.18. The minimum Gasteiger partial charge on any atom is -0.442 e. The summed E-state index contributed by atoms with van der Waals surface area (Å²) in [5.74, 6) is -0.487. The summed E-state index contributed by atoms with van der Waals surface area (Å²) in [6.07, 6.45) is -0.141. The summed E-state index contributed by atoms with van der Waals surface area (Å²) in [6.45, 7) is 6.70. The molecule has 27 heavy (non-hydrogen) atoms. The molecule has 6 nitrogen and oxygen atoms in total. The smallest absolute Gasteiger partial charge is 0.429 e. The molecule has 1 amide bonds. The van der Waals surface area contributed by atoms with Gasteiger partial charge in [0.2, 0.25) is 0 Å². The number of hydrazine groups is 1. The third-order valence-electron chi connectivity index (χ3n) is 3.47. The summed E-state index contributed by atoms with van der Waals surface area (Å²) < 4.78 is 19.2. The molecular weight excluding hydrogens is 349 g/mol. The molecule has 2 N–H and O–H groups in total. The maximum absolute atomic E-state index is 13.8. The molecule has 0 aliphatic carbocycles. The summed E-state index contributed by atoms with van der Waals surface area (Å²) in [4.78, 5) is 23.8. The van der Waals surface area contributed by atoms with Crippen LogP contribution in [0.4, 0.5) is 26.2 Å². The predicted molar refractivity (Wildman–Crippen MR) is 103 cm³/mol. The second kappa shape index (κ2) is 8.53. The van der Waals surface area contributed by atoms with Gasteiger partial charge < -0.3 is 14.8 Å². The molecule has 0 heterocycles. The van der Waals surface area contributed by atoms with Crippen molar-refractivity contribution in [2.24, 2.45) is 0 Å². The number of ether oxygens (including phenoxy) is 1. The van der Waals surface area contributed by atoms with Crippen molar-refractivity contribution in [3.8, 4) is 0 Å². The number of amides is 1. The number of nitrogens with one attached hydrogen (secondary N) is 2. The van der Waals surface area contributed by atoms with Crippen LogP contribution in [0.25, 0.3) is 0 Å². The van der Waals surface area contributed by atoms with Gasteiger partial charge in [-0.3, -0.25) is 5.43 Å². The summed E-state index contributed by atoms with van der Waals surface area (Å²) >= 11 is 0. The Kier molecular flexibility index (Phi) is 6.39. The normalized spacial score (nSPS) is 12.0. The molecule has 0 spiro atoms. The van der Waals surface area contributed by atoms with E-state index < -0.39 is 23.6 Å². The number of aldehydes is 1. The van der Waals surface area contributed by atoms with Crippen molar-refractivity contribution in [3.05, 3.63) is 54.3 Å². The quantitative estimate of drug-likeness (QED) is 0.566. The van der Waals surface area contributed by atoms with Crippen LogP contribution in [0.15, 0.2) is 48.5 Å². The van der Waals surface area contributed by atoms with Gasteiger partial charge in [0.1, 0.15) is 23.7 Å². The molecule has 1 atom stereocenters.